The molecule has 0 spiro atoms. The maximum Gasteiger partial charge on any atom is 0.336 e. The molecular weight excluding hydrogens is 460 g/mol. The molecule has 0 saturated carbocycles. The van der Waals surface area contributed by atoms with Crippen molar-refractivity contribution in [3.63, 3.8) is 0 Å². The fourth-order valence-electron chi connectivity index (χ4n) is 3.88. The third kappa shape index (κ3) is 5.20. The summed E-state index contributed by atoms with van der Waals surface area (Å²) in [6.45, 7) is 0.0203. The van der Waals surface area contributed by atoms with Crippen LogP contribution in [-0.2, 0) is 29.1 Å². The predicted molar refractivity (Wildman–Crippen MR) is 136 cm³/mol. The average Bonchev–Trinajstić information content (AvgIpc) is 2.91. The van der Waals surface area contributed by atoms with Gasteiger partial charge in [-0.15, -0.1) is 0 Å². The Morgan fingerprint density at radius 3 is 2.19 bits per heavy atom. The monoisotopic (exact) mass is 486 g/mol. The molecule has 3 aromatic carbocycles. The van der Waals surface area contributed by atoms with Gasteiger partial charge < -0.3 is 15.4 Å². The highest BCUT2D eigenvalue weighted by atomic mass is 16.5. The van der Waals surface area contributed by atoms with Gasteiger partial charge in [-0.2, -0.15) is 0 Å². The molecule has 1 heterocycles. The SMILES string of the molecule is CNC(=O)Cc1ccc(-n2c(=O)c3ccccc3n(CC(=O)NCc3ccc(OC)cc3)c2=O)cc1. The van der Waals surface area contributed by atoms with Crippen LogP contribution in [0.5, 0.6) is 5.75 Å². The first kappa shape index (κ1) is 24.5. The Labute approximate surface area is 207 Å². The van der Waals surface area contributed by atoms with E-state index in [1.165, 1.54) is 4.57 Å². The molecule has 2 amide bonds. The van der Waals surface area contributed by atoms with Gasteiger partial charge in [0.25, 0.3) is 5.56 Å². The molecule has 4 rings (SSSR count). The van der Waals surface area contributed by atoms with Crippen molar-refractivity contribution in [2.45, 2.75) is 19.5 Å². The summed E-state index contributed by atoms with van der Waals surface area (Å²) in [5, 5.41) is 5.69. The summed E-state index contributed by atoms with van der Waals surface area (Å²) in [6.07, 6.45) is 0.183. The van der Waals surface area contributed by atoms with E-state index in [0.717, 1.165) is 15.7 Å². The lowest BCUT2D eigenvalue weighted by molar-refractivity contribution is -0.122. The Hall–Kier alpha value is -4.66. The summed E-state index contributed by atoms with van der Waals surface area (Å²) < 4.78 is 7.48. The number of carbonyl (C=O) groups is 2. The van der Waals surface area contributed by atoms with Crippen LogP contribution in [0.15, 0.2) is 82.4 Å². The Bertz CT molecular complexity index is 1520. The van der Waals surface area contributed by atoms with Gasteiger partial charge in [-0.05, 0) is 47.5 Å². The number of amides is 2. The number of hydrogen-bond acceptors (Lipinski definition) is 5. The van der Waals surface area contributed by atoms with Gasteiger partial charge >= 0.3 is 5.69 Å². The summed E-state index contributed by atoms with van der Waals surface area (Å²) in [4.78, 5) is 51.1. The van der Waals surface area contributed by atoms with Crippen molar-refractivity contribution in [2.24, 2.45) is 0 Å². The molecule has 0 aliphatic heterocycles. The molecule has 0 saturated heterocycles. The number of likely N-dealkylation sites (N-methyl/N-ethyl adjacent to an activating group) is 1. The van der Waals surface area contributed by atoms with Gasteiger partial charge in [-0.3, -0.25) is 19.0 Å². The molecule has 0 unspecified atom stereocenters. The van der Waals surface area contributed by atoms with Gasteiger partial charge in [0.05, 0.1) is 30.1 Å². The molecule has 0 atom stereocenters. The number of nitrogens with zero attached hydrogens (tertiary/aromatic N) is 2. The minimum atomic E-state index is -0.627. The van der Waals surface area contributed by atoms with E-state index in [9.17, 15) is 19.2 Å². The van der Waals surface area contributed by atoms with Crippen LogP contribution in [0.3, 0.4) is 0 Å². The Morgan fingerprint density at radius 1 is 0.861 bits per heavy atom. The van der Waals surface area contributed by atoms with Crippen molar-refractivity contribution in [1.82, 2.24) is 19.8 Å². The Kier molecular flexibility index (Phi) is 7.29. The average molecular weight is 487 g/mol. The number of hydrogen-bond donors (Lipinski definition) is 2. The number of fused-ring (bicyclic) bond motifs is 1. The van der Waals surface area contributed by atoms with Crippen molar-refractivity contribution in [1.29, 1.82) is 0 Å². The van der Waals surface area contributed by atoms with Crippen molar-refractivity contribution in [3.05, 3.63) is 105 Å². The first-order valence-electron chi connectivity index (χ1n) is 11.4. The first-order valence-corrected chi connectivity index (χ1v) is 11.4. The van der Waals surface area contributed by atoms with E-state index in [1.807, 2.05) is 12.1 Å². The second kappa shape index (κ2) is 10.7. The van der Waals surface area contributed by atoms with Crippen LogP contribution in [0.4, 0.5) is 0 Å². The molecule has 9 nitrogen and oxygen atoms in total. The number of benzene rings is 3. The number of carbonyl (C=O) groups excluding carboxylic acids is 2. The van der Waals surface area contributed by atoms with Crippen molar-refractivity contribution >= 4 is 22.7 Å². The highest BCUT2D eigenvalue weighted by molar-refractivity contribution is 5.82. The van der Waals surface area contributed by atoms with E-state index < -0.39 is 11.2 Å². The molecule has 0 fully saturated rings. The number of rotatable bonds is 8. The van der Waals surface area contributed by atoms with Gasteiger partial charge in [0, 0.05) is 13.6 Å². The molecular formula is C27H26N4O5. The van der Waals surface area contributed by atoms with Crippen LogP contribution in [0.2, 0.25) is 0 Å². The van der Waals surface area contributed by atoms with Gasteiger partial charge in [-0.25, -0.2) is 9.36 Å². The van der Waals surface area contributed by atoms with Crippen LogP contribution in [0.1, 0.15) is 11.1 Å². The second-order valence-corrected chi connectivity index (χ2v) is 8.17. The Morgan fingerprint density at radius 2 is 1.53 bits per heavy atom. The minimum Gasteiger partial charge on any atom is -0.497 e. The zero-order valence-corrected chi connectivity index (χ0v) is 20.0. The van der Waals surface area contributed by atoms with Crippen molar-refractivity contribution in [2.75, 3.05) is 14.2 Å². The number of nitrogens with one attached hydrogen (secondary N) is 2. The van der Waals surface area contributed by atoms with E-state index in [1.54, 1.807) is 74.8 Å². The van der Waals surface area contributed by atoms with E-state index in [-0.39, 0.29) is 31.3 Å². The maximum absolute atomic E-state index is 13.5. The summed E-state index contributed by atoms with van der Waals surface area (Å²) in [5.41, 5.74) is 1.23. The minimum absolute atomic E-state index is 0.145. The van der Waals surface area contributed by atoms with Crippen molar-refractivity contribution < 1.29 is 14.3 Å². The lowest BCUT2D eigenvalue weighted by atomic mass is 10.1. The van der Waals surface area contributed by atoms with Gasteiger partial charge in [0.2, 0.25) is 11.8 Å². The van der Waals surface area contributed by atoms with E-state index in [2.05, 4.69) is 10.6 Å². The highest BCUT2D eigenvalue weighted by Gasteiger charge is 2.16. The van der Waals surface area contributed by atoms with Crippen LogP contribution in [-0.4, -0.2) is 35.1 Å². The first-order chi connectivity index (χ1) is 17.4. The Balaban J connectivity index is 1.65. The summed E-state index contributed by atoms with van der Waals surface area (Å²) >= 11 is 0. The largest absolute Gasteiger partial charge is 0.497 e. The summed E-state index contributed by atoms with van der Waals surface area (Å²) in [7, 11) is 3.14. The van der Waals surface area contributed by atoms with E-state index in [4.69, 9.17) is 4.74 Å². The fraction of sp³-hybridized carbons (Fsp3) is 0.185. The molecule has 0 aliphatic rings. The van der Waals surface area contributed by atoms with Crippen LogP contribution < -0.4 is 26.6 Å². The third-order valence-corrected chi connectivity index (χ3v) is 5.84. The smallest absolute Gasteiger partial charge is 0.336 e. The number of para-hydroxylation sites is 1. The molecule has 184 valence electrons. The van der Waals surface area contributed by atoms with E-state index >= 15 is 0 Å². The zero-order chi connectivity index (χ0) is 25.7. The highest BCUT2D eigenvalue weighted by Crippen LogP contribution is 2.13. The number of aromatic nitrogens is 2. The van der Waals surface area contributed by atoms with Crippen molar-refractivity contribution in [3.8, 4) is 11.4 Å². The van der Waals surface area contributed by atoms with Gasteiger partial charge in [0.1, 0.15) is 12.3 Å². The molecule has 0 radical (unpaired) electrons. The molecule has 0 bridgehead atoms. The maximum atomic E-state index is 13.5. The molecule has 9 heteroatoms. The molecule has 4 aromatic rings. The zero-order valence-electron chi connectivity index (χ0n) is 20.0. The standard InChI is InChI=1S/C27H26N4O5/c1-28-24(32)15-18-7-11-20(12-8-18)31-26(34)22-5-3-4-6-23(22)30(27(31)35)17-25(33)29-16-19-9-13-21(36-2)14-10-19/h3-14H,15-17H2,1-2H3,(H,28,32)(H,29,33). The number of methoxy groups -OCH3 is 1. The quantitative estimate of drug-likeness (QED) is 0.394. The molecule has 0 aliphatic carbocycles. The predicted octanol–water partition coefficient (Wildman–Crippen LogP) is 1.77. The van der Waals surface area contributed by atoms with Gasteiger partial charge in [-0.1, -0.05) is 36.4 Å². The molecule has 36 heavy (non-hydrogen) atoms. The second-order valence-electron chi connectivity index (χ2n) is 8.17. The number of ether oxygens (including phenoxy) is 1. The third-order valence-electron chi connectivity index (χ3n) is 5.84. The fourth-order valence-corrected chi connectivity index (χ4v) is 3.88. The summed E-state index contributed by atoms with van der Waals surface area (Å²) in [5.74, 6) is 0.199. The normalized spacial score (nSPS) is 10.7. The van der Waals surface area contributed by atoms with Crippen LogP contribution >= 0.6 is 0 Å². The van der Waals surface area contributed by atoms with Gasteiger partial charge in [0.15, 0.2) is 0 Å². The molecule has 1 aromatic heterocycles. The topological polar surface area (TPSA) is 111 Å². The van der Waals surface area contributed by atoms with E-state index in [0.29, 0.717) is 22.3 Å². The van der Waals surface area contributed by atoms with Crippen LogP contribution in [0.25, 0.3) is 16.6 Å². The lowest BCUT2D eigenvalue weighted by Crippen LogP contribution is -2.41. The molecule has 2 N–H and O–H groups in total. The lowest BCUT2D eigenvalue weighted by Gasteiger charge is -2.14. The summed E-state index contributed by atoms with van der Waals surface area (Å²) in [6, 6.07) is 20.6. The van der Waals surface area contributed by atoms with Crippen LogP contribution in [0, 0.1) is 0 Å².